The van der Waals surface area contributed by atoms with Gasteiger partial charge in [-0.05, 0) is 48.7 Å². The highest BCUT2D eigenvalue weighted by Gasteiger charge is 2.21. The highest BCUT2D eigenvalue weighted by molar-refractivity contribution is 5.67. The lowest BCUT2D eigenvalue weighted by Gasteiger charge is -2.32. The minimum Gasteiger partial charge on any atom is -0.380 e. The van der Waals surface area contributed by atoms with Gasteiger partial charge in [0.15, 0.2) is 0 Å². The van der Waals surface area contributed by atoms with Crippen molar-refractivity contribution in [1.29, 1.82) is 0 Å². The van der Waals surface area contributed by atoms with Gasteiger partial charge in [0.2, 0.25) is 5.95 Å². The number of benzene rings is 2. The molecule has 0 atom stereocenters. The largest absolute Gasteiger partial charge is 0.380 e. The van der Waals surface area contributed by atoms with Crippen LogP contribution in [0.25, 0.3) is 11.1 Å². The minimum absolute atomic E-state index is 0.128. The quantitative estimate of drug-likeness (QED) is 0.711. The second-order valence-corrected chi connectivity index (χ2v) is 6.77. The molecule has 4 rings (SSSR count). The summed E-state index contributed by atoms with van der Waals surface area (Å²) in [6, 6.07) is 9.68. The summed E-state index contributed by atoms with van der Waals surface area (Å²) in [5.41, 5.74) is 0.917. The van der Waals surface area contributed by atoms with Crippen LogP contribution in [0.2, 0.25) is 0 Å². The van der Waals surface area contributed by atoms with E-state index in [0.29, 0.717) is 17.2 Å². The monoisotopic (exact) mass is 384 g/mol. The third-order valence-corrected chi connectivity index (χ3v) is 4.90. The average molecular weight is 384 g/mol. The van der Waals surface area contributed by atoms with Gasteiger partial charge in [-0.15, -0.1) is 0 Å². The fourth-order valence-corrected chi connectivity index (χ4v) is 3.42. The molecule has 0 aliphatic carbocycles. The topological polar surface area (TPSA) is 41.0 Å². The van der Waals surface area contributed by atoms with Crippen molar-refractivity contribution in [3.05, 3.63) is 72.3 Å². The molecule has 2 heterocycles. The van der Waals surface area contributed by atoms with Crippen molar-refractivity contribution in [3.63, 3.8) is 0 Å². The molecule has 0 amide bonds. The molecule has 3 aromatic rings. The molecular weight excluding hydrogens is 365 g/mol. The van der Waals surface area contributed by atoms with Crippen LogP contribution in [0.1, 0.15) is 12.8 Å². The Kier molecular flexibility index (Phi) is 5.14. The molecule has 144 valence electrons. The lowest BCUT2D eigenvalue weighted by Crippen LogP contribution is -2.40. The lowest BCUT2D eigenvalue weighted by molar-refractivity contribution is 0.516. The summed E-state index contributed by atoms with van der Waals surface area (Å²) < 4.78 is 41.5. The van der Waals surface area contributed by atoms with Crippen LogP contribution in [-0.2, 0) is 0 Å². The van der Waals surface area contributed by atoms with E-state index in [1.54, 1.807) is 30.6 Å². The fourth-order valence-electron chi connectivity index (χ4n) is 3.42. The second-order valence-electron chi connectivity index (χ2n) is 6.77. The van der Waals surface area contributed by atoms with Crippen LogP contribution in [0.15, 0.2) is 54.9 Å². The van der Waals surface area contributed by atoms with Crippen LogP contribution in [0.4, 0.5) is 24.8 Å². The predicted octanol–water partition coefficient (Wildman–Crippen LogP) is 4.64. The highest BCUT2D eigenvalue weighted by atomic mass is 19.1. The first-order valence-corrected chi connectivity index (χ1v) is 9.13. The van der Waals surface area contributed by atoms with E-state index in [4.69, 9.17) is 0 Å². The van der Waals surface area contributed by atoms with E-state index in [1.807, 2.05) is 0 Å². The molecule has 0 bridgehead atoms. The summed E-state index contributed by atoms with van der Waals surface area (Å²) in [5.74, 6) is -1.13. The summed E-state index contributed by atoms with van der Waals surface area (Å²) >= 11 is 0. The number of aromatic nitrogens is 2. The summed E-state index contributed by atoms with van der Waals surface area (Å²) in [6.45, 7) is 1.56. The zero-order valence-electron chi connectivity index (χ0n) is 15.1. The van der Waals surface area contributed by atoms with Crippen LogP contribution in [0, 0.1) is 17.5 Å². The Morgan fingerprint density at radius 2 is 1.64 bits per heavy atom. The molecule has 1 saturated heterocycles. The van der Waals surface area contributed by atoms with Gasteiger partial charge in [0.1, 0.15) is 17.5 Å². The van der Waals surface area contributed by atoms with Gasteiger partial charge in [-0.1, -0.05) is 6.07 Å². The molecule has 0 unspecified atom stereocenters. The third kappa shape index (κ3) is 3.93. The minimum atomic E-state index is -0.712. The van der Waals surface area contributed by atoms with Crippen molar-refractivity contribution >= 4 is 11.6 Å². The van der Waals surface area contributed by atoms with Crippen molar-refractivity contribution in [1.82, 2.24) is 9.97 Å². The van der Waals surface area contributed by atoms with Crippen LogP contribution >= 0.6 is 0 Å². The first-order chi connectivity index (χ1) is 13.6. The van der Waals surface area contributed by atoms with Crippen molar-refractivity contribution < 1.29 is 13.2 Å². The maximum Gasteiger partial charge on any atom is 0.225 e. The summed E-state index contributed by atoms with van der Waals surface area (Å²) in [4.78, 5) is 10.6. The molecule has 1 aliphatic heterocycles. The van der Waals surface area contributed by atoms with Crippen molar-refractivity contribution in [2.24, 2.45) is 0 Å². The van der Waals surface area contributed by atoms with Gasteiger partial charge < -0.3 is 10.2 Å². The Labute approximate surface area is 161 Å². The first-order valence-electron chi connectivity index (χ1n) is 9.13. The van der Waals surface area contributed by atoms with Crippen molar-refractivity contribution in [2.75, 3.05) is 23.3 Å². The van der Waals surface area contributed by atoms with Crippen molar-refractivity contribution in [3.8, 4) is 11.1 Å². The SMILES string of the molecule is Fc1ccc(-c2ccc(NC3CCN(c4ncccn4)CC3)c(F)c2)c(F)c1. The molecule has 1 N–H and O–H groups in total. The number of nitrogens with one attached hydrogen (secondary N) is 1. The molecule has 2 aromatic carbocycles. The zero-order valence-corrected chi connectivity index (χ0v) is 15.1. The Bertz CT molecular complexity index is 957. The van der Waals surface area contributed by atoms with Gasteiger partial charge in [0.05, 0.1) is 5.69 Å². The number of anilines is 2. The number of hydrogen-bond acceptors (Lipinski definition) is 4. The summed E-state index contributed by atoms with van der Waals surface area (Å²) in [5, 5.41) is 3.23. The van der Waals surface area contributed by atoms with Crippen LogP contribution in [0.3, 0.4) is 0 Å². The van der Waals surface area contributed by atoms with Gasteiger partial charge in [0, 0.05) is 43.2 Å². The van der Waals surface area contributed by atoms with Crippen LogP contribution in [0.5, 0.6) is 0 Å². The Morgan fingerprint density at radius 1 is 0.893 bits per heavy atom. The van der Waals surface area contributed by atoms with E-state index in [-0.39, 0.29) is 11.6 Å². The van der Waals surface area contributed by atoms with E-state index in [2.05, 4.69) is 20.2 Å². The molecule has 4 nitrogen and oxygen atoms in total. The number of hydrogen-bond donors (Lipinski definition) is 1. The fraction of sp³-hybridized carbons (Fsp3) is 0.238. The molecule has 28 heavy (non-hydrogen) atoms. The Balaban J connectivity index is 1.42. The average Bonchev–Trinajstić information content (AvgIpc) is 2.71. The lowest BCUT2D eigenvalue weighted by atomic mass is 10.0. The number of piperidine rings is 1. The molecule has 1 fully saturated rings. The summed E-state index contributed by atoms with van der Waals surface area (Å²) in [7, 11) is 0. The van der Waals surface area contributed by atoms with Crippen LogP contribution in [-0.4, -0.2) is 29.1 Å². The predicted molar refractivity (Wildman–Crippen MR) is 103 cm³/mol. The standard InChI is InChI=1S/C21H19F3N4/c22-15-3-4-17(18(23)13-15)14-2-5-20(19(24)12-14)27-16-6-10-28(11-7-16)21-25-8-1-9-26-21/h1-5,8-9,12-13,16,27H,6-7,10-11H2. The normalized spacial score (nSPS) is 14.9. The molecule has 1 aliphatic rings. The Morgan fingerprint density at radius 3 is 2.32 bits per heavy atom. The van der Waals surface area contributed by atoms with E-state index < -0.39 is 17.5 Å². The number of halogens is 3. The van der Waals surface area contributed by atoms with Gasteiger partial charge in [-0.25, -0.2) is 23.1 Å². The van der Waals surface area contributed by atoms with Gasteiger partial charge in [-0.2, -0.15) is 0 Å². The number of rotatable bonds is 4. The second kappa shape index (κ2) is 7.88. The van der Waals surface area contributed by atoms with Crippen LogP contribution < -0.4 is 10.2 Å². The molecular formula is C21H19F3N4. The van der Waals surface area contributed by atoms with Gasteiger partial charge in [0.25, 0.3) is 0 Å². The maximum atomic E-state index is 14.6. The molecule has 0 saturated carbocycles. The van der Waals surface area contributed by atoms with E-state index in [1.165, 1.54) is 12.1 Å². The summed E-state index contributed by atoms with van der Waals surface area (Å²) in [6.07, 6.45) is 5.08. The van der Waals surface area contributed by atoms with E-state index >= 15 is 0 Å². The van der Waals surface area contributed by atoms with E-state index in [9.17, 15) is 13.2 Å². The van der Waals surface area contributed by atoms with Gasteiger partial charge >= 0.3 is 0 Å². The van der Waals surface area contributed by atoms with Gasteiger partial charge in [-0.3, -0.25) is 0 Å². The molecule has 0 spiro atoms. The van der Waals surface area contributed by atoms with E-state index in [0.717, 1.165) is 38.1 Å². The molecule has 7 heteroatoms. The third-order valence-electron chi connectivity index (χ3n) is 4.90. The molecule has 1 aromatic heterocycles. The zero-order chi connectivity index (χ0) is 19.5. The maximum absolute atomic E-state index is 14.6. The smallest absolute Gasteiger partial charge is 0.225 e. The first kappa shape index (κ1) is 18.3. The number of nitrogens with zero attached hydrogens (tertiary/aromatic N) is 3. The highest BCUT2D eigenvalue weighted by Crippen LogP contribution is 2.28. The molecule has 0 radical (unpaired) electrons. The van der Waals surface area contributed by atoms with Crippen molar-refractivity contribution in [2.45, 2.75) is 18.9 Å². The Hall–Kier alpha value is -3.09.